The number of fused-ring (bicyclic) bond motifs is 1. The fourth-order valence-corrected chi connectivity index (χ4v) is 2.82. The van der Waals surface area contributed by atoms with Crippen LogP contribution in [-0.2, 0) is 9.53 Å². The first-order valence-electron chi connectivity index (χ1n) is 9.15. The number of esters is 1. The topological polar surface area (TPSA) is 120 Å². The van der Waals surface area contributed by atoms with Gasteiger partial charge >= 0.3 is 5.97 Å². The summed E-state index contributed by atoms with van der Waals surface area (Å²) in [4.78, 5) is 36.5. The molecule has 9 nitrogen and oxygen atoms in total. The van der Waals surface area contributed by atoms with E-state index in [0.717, 1.165) is 5.52 Å². The van der Waals surface area contributed by atoms with Crippen molar-refractivity contribution < 1.29 is 28.6 Å². The lowest BCUT2D eigenvalue weighted by Crippen LogP contribution is -2.27. The van der Waals surface area contributed by atoms with Crippen LogP contribution < -0.4 is 14.8 Å². The highest BCUT2D eigenvalue weighted by atomic mass is 16.5. The molecule has 9 heteroatoms. The molecular weight excluding hydrogens is 390 g/mol. The summed E-state index contributed by atoms with van der Waals surface area (Å²) in [6.45, 7) is -0.377. The molecule has 0 fully saturated rings. The van der Waals surface area contributed by atoms with Crippen molar-refractivity contribution in [2.45, 2.75) is 6.42 Å². The number of carbonyl (C=O) groups excluding carboxylic acids is 3. The molecule has 3 rings (SSSR count). The molecule has 0 saturated carbocycles. The van der Waals surface area contributed by atoms with E-state index in [9.17, 15) is 14.4 Å². The van der Waals surface area contributed by atoms with Crippen molar-refractivity contribution in [3.63, 3.8) is 0 Å². The van der Waals surface area contributed by atoms with Gasteiger partial charge in [0.05, 0.1) is 31.7 Å². The molecule has 1 amide bonds. The second-order valence-electron chi connectivity index (χ2n) is 6.27. The van der Waals surface area contributed by atoms with Crippen molar-refractivity contribution in [1.29, 1.82) is 0 Å². The second kappa shape index (κ2) is 9.55. The van der Waals surface area contributed by atoms with Crippen molar-refractivity contribution in [3.8, 4) is 11.5 Å². The number of carbonyl (C=O) groups is 3. The minimum absolute atomic E-state index is 0.0545. The molecule has 0 unspecified atom stereocenters. The minimum atomic E-state index is -0.608. The smallest absolute Gasteiger partial charge is 0.308 e. The normalized spacial score (nSPS) is 10.5. The lowest BCUT2D eigenvalue weighted by atomic mass is 10.1. The highest BCUT2D eigenvalue weighted by Crippen LogP contribution is 2.25. The number of aromatic nitrogens is 2. The van der Waals surface area contributed by atoms with Crippen molar-refractivity contribution in [2.75, 3.05) is 27.4 Å². The molecule has 1 aromatic heterocycles. The number of hydrogen-bond acceptors (Lipinski definition) is 7. The quantitative estimate of drug-likeness (QED) is 0.409. The fraction of sp³-hybridized carbons (Fsp3) is 0.238. The Labute approximate surface area is 172 Å². The van der Waals surface area contributed by atoms with Gasteiger partial charge in [0.25, 0.3) is 5.91 Å². The molecule has 0 aliphatic carbocycles. The summed E-state index contributed by atoms with van der Waals surface area (Å²) in [5, 5.41) is 10.1. The molecule has 0 bridgehead atoms. The van der Waals surface area contributed by atoms with Gasteiger partial charge in [0, 0.05) is 18.0 Å². The van der Waals surface area contributed by atoms with Crippen molar-refractivity contribution in [1.82, 2.24) is 15.5 Å². The average Bonchev–Trinajstić information content (AvgIpc) is 3.21. The summed E-state index contributed by atoms with van der Waals surface area (Å²) in [7, 11) is 2.94. The van der Waals surface area contributed by atoms with Crippen LogP contribution >= 0.6 is 0 Å². The van der Waals surface area contributed by atoms with Gasteiger partial charge in [-0.1, -0.05) is 18.2 Å². The van der Waals surface area contributed by atoms with Crippen molar-refractivity contribution >= 4 is 28.6 Å². The molecular formula is C21H21N3O6. The summed E-state index contributed by atoms with van der Waals surface area (Å²) in [5.41, 5.74) is 1.28. The van der Waals surface area contributed by atoms with Crippen LogP contribution in [0.25, 0.3) is 10.9 Å². The number of ether oxygens (including phenoxy) is 3. The van der Waals surface area contributed by atoms with Crippen LogP contribution in [0.1, 0.15) is 27.3 Å². The molecule has 0 aliphatic rings. The summed E-state index contributed by atoms with van der Waals surface area (Å²) < 4.78 is 15.3. The third-order valence-corrected chi connectivity index (χ3v) is 4.37. The maximum absolute atomic E-state index is 12.3. The van der Waals surface area contributed by atoms with E-state index in [2.05, 4.69) is 15.5 Å². The fourth-order valence-electron chi connectivity index (χ4n) is 2.82. The molecule has 0 radical (unpaired) electrons. The van der Waals surface area contributed by atoms with Gasteiger partial charge in [0.15, 0.2) is 12.3 Å². The maximum atomic E-state index is 12.3. The third kappa shape index (κ3) is 4.75. The molecule has 2 N–H and O–H groups in total. The Hall–Kier alpha value is -3.88. The molecule has 3 aromatic rings. The van der Waals surface area contributed by atoms with Crippen LogP contribution in [0.15, 0.2) is 42.5 Å². The van der Waals surface area contributed by atoms with Gasteiger partial charge in [-0.3, -0.25) is 19.5 Å². The minimum Gasteiger partial charge on any atom is -0.497 e. The molecule has 156 valence electrons. The Bertz CT molecular complexity index is 1080. The molecule has 1 heterocycles. The highest BCUT2D eigenvalue weighted by molar-refractivity contribution is 6.04. The van der Waals surface area contributed by atoms with E-state index in [1.54, 1.807) is 30.3 Å². The lowest BCUT2D eigenvalue weighted by Gasteiger charge is -2.10. The number of Topliss-reactive ketones (excluding diaryl/α,β-unsaturated/α-hetero) is 1. The zero-order valence-electron chi connectivity index (χ0n) is 16.6. The van der Waals surface area contributed by atoms with Gasteiger partial charge in [-0.05, 0) is 18.2 Å². The second-order valence-corrected chi connectivity index (χ2v) is 6.27. The zero-order chi connectivity index (χ0) is 21.5. The maximum Gasteiger partial charge on any atom is 0.308 e. The molecule has 0 spiro atoms. The highest BCUT2D eigenvalue weighted by Gasteiger charge is 2.17. The number of ketones is 1. The Morgan fingerprint density at radius 3 is 2.63 bits per heavy atom. The van der Waals surface area contributed by atoms with Crippen LogP contribution in [-0.4, -0.2) is 55.2 Å². The van der Waals surface area contributed by atoms with Gasteiger partial charge in [-0.2, -0.15) is 5.10 Å². The predicted molar refractivity (Wildman–Crippen MR) is 108 cm³/mol. The molecule has 30 heavy (non-hydrogen) atoms. The first kappa shape index (κ1) is 20.8. The van der Waals surface area contributed by atoms with Crippen LogP contribution in [0.3, 0.4) is 0 Å². The van der Waals surface area contributed by atoms with E-state index in [1.165, 1.54) is 14.2 Å². The number of para-hydroxylation sites is 1. The summed E-state index contributed by atoms with van der Waals surface area (Å²) in [5.74, 6) is -0.549. The summed E-state index contributed by atoms with van der Waals surface area (Å²) >= 11 is 0. The Kier molecular flexibility index (Phi) is 6.63. The third-order valence-electron chi connectivity index (χ3n) is 4.37. The lowest BCUT2D eigenvalue weighted by molar-refractivity contribution is -0.142. The molecule has 0 saturated heterocycles. The number of hydrogen-bond donors (Lipinski definition) is 2. The Balaban J connectivity index is 1.47. The van der Waals surface area contributed by atoms with E-state index in [-0.39, 0.29) is 24.2 Å². The van der Waals surface area contributed by atoms with Crippen molar-refractivity contribution in [3.05, 3.63) is 53.7 Å². The van der Waals surface area contributed by atoms with E-state index in [0.29, 0.717) is 16.9 Å². The molecule has 2 aromatic carbocycles. The number of rotatable bonds is 9. The number of nitrogens with one attached hydrogen (secondary N) is 2. The SMILES string of the molecule is COc1ccc(C(=O)COC(=O)CCNC(=O)c2n[nH]c3ccccc23)c(OC)c1. The standard InChI is InChI=1S/C21H21N3O6/c1-28-13-7-8-15(18(11-13)29-2)17(25)12-30-19(26)9-10-22-21(27)20-14-5-3-4-6-16(14)23-24-20/h3-8,11H,9-10,12H2,1-2H3,(H,22,27)(H,23,24). The number of benzene rings is 2. The van der Waals surface area contributed by atoms with Crippen LogP contribution in [0.4, 0.5) is 0 Å². The monoisotopic (exact) mass is 411 g/mol. The first-order valence-corrected chi connectivity index (χ1v) is 9.15. The zero-order valence-corrected chi connectivity index (χ0v) is 16.6. The summed E-state index contributed by atoms with van der Waals surface area (Å²) in [6, 6.07) is 12.0. The number of amides is 1. The average molecular weight is 411 g/mol. The number of nitrogens with zero attached hydrogens (tertiary/aromatic N) is 1. The Morgan fingerprint density at radius 1 is 1.07 bits per heavy atom. The van der Waals surface area contributed by atoms with E-state index in [1.807, 2.05) is 12.1 Å². The largest absolute Gasteiger partial charge is 0.497 e. The van der Waals surface area contributed by atoms with Gasteiger partial charge < -0.3 is 19.5 Å². The van der Waals surface area contributed by atoms with Gasteiger partial charge in [-0.15, -0.1) is 0 Å². The van der Waals surface area contributed by atoms with Gasteiger partial charge in [-0.25, -0.2) is 0 Å². The van der Waals surface area contributed by atoms with Crippen LogP contribution in [0.2, 0.25) is 0 Å². The van der Waals surface area contributed by atoms with E-state index >= 15 is 0 Å². The van der Waals surface area contributed by atoms with Gasteiger partial charge in [0.1, 0.15) is 11.5 Å². The number of methoxy groups -OCH3 is 2. The Morgan fingerprint density at radius 2 is 1.87 bits per heavy atom. The van der Waals surface area contributed by atoms with Crippen LogP contribution in [0.5, 0.6) is 11.5 Å². The molecule has 0 atom stereocenters. The van der Waals surface area contributed by atoms with Crippen LogP contribution in [0, 0.1) is 0 Å². The summed E-state index contributed by atoms with van der Waals surface area (Å²) in [6.07, 6.45) is -0.0822. The number of H-pyrrole nitrogens is 1. The number of aromatic amines is 1. The van der Waals surface area contributed by atoms with Gasteiger partial charge in [0.2, 0.25) is 5.78 Å². The van der Waals surface area contributed by atoms with Crippen molar-refractivity contribution in [2.24, 2.45) is 0 Å². The predicted octanol–water partition coefficient (Wildman–Crippen LogP) is 2.13. The van der Waals surface area contributed by atoms with E-state index < -0.39 is 24.3 Å². The first-order chi connectivity index (χ1) is 14.5. The van der Waals surface area contributed by atoms with E-state index in [4.69, 9.17) is 14.2 Å². The molecule has 0 aliphatic heterocycles.